The molecule has 5 heteroatoms. The Morgan fingerprint density at radius 2 is 1.75 bits per heavy atom. The second kappa shape index (κ2) is 6.45. The van der Waals surface area contributed by atoms with Crippen molar-refractivity contribution in [1.29, 1.82) is 0 Å². The molecule has 4 rings (SSSR count). The smallest absolute Gasteiger partial charge is 0.182 e. The summed E-state index contributed by atoms with van der Waals surface area (Å²) in [5.41, 5.74) is 1.89. The Balaban J connectivity index is 1.82. The first-order valence-corrected chi connectivity index (χ1v) is 8.17. The SMILES string of the molecule is COc1ccc(-c2nnc(N3CCCCO3)c3ccccc23)cc1. The van der Waals surface area contributed by atoms with Crippen LogP contribution in [-0.4, -0.2) is 30.5 Å². The highest BCUT2D eigenvalue weighted by Gasteiger charge is 2.18. The van der Waals surface area contributed by atoms with Crippen molar-refractivity contribution in [3.63, 3.8) is 0 Å². The molecular weight excluding hydrogens is 302 g/mol. The minimum absolute atomic E-state index is 0.732. The van der Waals surface area contributed by atoms with Crippen molar-refractivity contribution >= 4 is 16.6 Å². The minimum Gasteiger partial charge on any atom is -0.497 e. The summed E-state index contributed by atoms with van der Waals surface area (Å²) in [5.74, 6) is 1.62. The molecule has 1 fully saturated rings. The van der Waals surface area contributed by atoms with Gasteiger partial charge in [-0.3, -0.25) is 4.84 Å². The third-order valence-electron chi connectivity index (χ3n) is 4.27. The summed E-state index contributed by atoms with van der Waals surface area (Å²) in [4.78, 5) is 5.76. The maximum absolute atomic E-state index is 5.76. The maximum atomic E-state index is 5.76. The molecule has 24 heavy (non-hydrogen) atoms. The molecule has 0 unspecified atom stereocenters. The van der Waals surface area contributed by atoms with Gasteiger partial charge in [-0.05, 0) is 37.1 Å². The molecule has 0 amide bonds. The second-order valence-corrected chi connectivity index (χ2v) is 5.79. The molecule has 0 N–H and O–H groups in total. The normalized spacial score (nSPS) is 14.8. The maximum Gasteiger partial charge on any atom is 0.182 e. The van der Waals surface area contributed by atoms with Crippen molar-refractivity contribution in [1.82, 2.24) is 10.2 Å². The van der Waals surface area contributed by atoms with Gasteiger partial charge in [0.25, 0.3) is 0 Å². The number of anilines is 1. The molecule has 0 bridgehead atoms. The van der Waals surface area contributed by atoms with Gasteiger partial charge in [-0.2, -0.15) is 0 Å². The van der Waals surface area contributed by atoms with E-state index in [1.54, 1.807) is 7.11 Å². The Kier molecular flexibility index (Phi) is 4.01. The molecule has 2 heterocycles. The van der Waals surface area contributed by atoms with E-state index in [9.17, 15) is 0 Å². The van der Waals surface area contributed by atoms with Gasteiger partial charge in [0.2, 0.25) is 0 Å². The van der Waals surface area contributed by atoms with Crippen LogP contribution in [0.5, 0.6) is 5.75 Å². The molecule has 3 aromatic rings. The van der Waals surface area contributed by atoms with Gasteiger partial charge in [-0.15, -0.1) is 10.2 Å². The summed E-state index contributed by atoms with van der Waals surface area (Å²) in [5, 5.41) is 13.0. The van der Waals surface area contributed by atoms with E-state index in [1.165, 1.54) is 0 Å². The molecule has 0 atom stereocenters. The summed E-state index contributed by atoms with van der Waals surface area (Å²) < 4.78 is 5.23. The lowest BCUT2D eigenvalue weighted by Crippen LogP contribution is -2.31. The van der Waals surface area contributed by atoms with Gasteiger partial charge in [0.1, 0.15) is 11.4 Å². The minimum atomic E-state index is 0.732. The van der Waals surface area contributed by atoms with Crippen molar-refractivity contribution in [3.05, 3.63) is 48.5 Å². The molecule has 0 saturated carbocycles. The van der Waals surface area contributed by atoms with E-state index in [0.717, 1.165) is 59.6 Å². The average molecular weight is 321 g/mol. The van der Waals surface area contributed by atoms with E-state index < -0.39 is 0 Å². The standard InChI is InChI=1S/C19H19N3O2/c1-23-15-10-8-14(9-11-15)18-16-6-2-3-7-17(16)19(21-20-18)22-12-4-5-13-24-22/h2-3,6-11H,4-5,12-13H2,1H3. The number of ether oxygens (including phenoxy) is 1. The third kappa shape index (κ3) is 2.67. The Labute approximate surface area is 140 Å². The first-order chi connectivity index (χ1) is 11.9. The highest BCUT2D eigenvalue weighted by Crippen LogP contribution is 2.32. The molecule has 2 aromatic carbocycles. The highest BCUT2D eigenvalue weighted by molar-refractivity contribution is 6.00. The van der Waals surface area contributed by atoms with Crippen molar-refractivity contribution in [2.24, 2.45) is 0 Å². The van der Waals surface area contributed by atoms with E-state index in [1.807, 2.05) is 41.5 Å². The van der Waals surface area contributed by atoms with Crippen LogP contribution >= 0.6 is 0 Å². The molecular formula is C19H19N3O2. The number of rotatable bonds is 3. The number of nitrogens with zero attached hydrogens (tertiary/aromatic N) is 3. The molecule has 1 aliphatic rings. The zero-order valence-electron chi connectivity index (χ0n) is 13.6. The molecule has 5 nitrogen and oxygen atoms in total. The first kappa shape index (κ1) is 14.9. The summed E-state index contributed by atoms with van der Waals surface area (Å²) in [6, 6.07) is 16.1. The van der Waals surface area contributed by atoms with Gasteiger partial charge < -0.3 is 4.74 Å². The predicted molar refractivity (Wildman–Crippen MR) is 94.1 cm³/mol. The molecule has 0 aliphatic carbocycles. The van der Waals surface area contributed by atoms with Crippen LogP contribution in [0.2, 0.25) is 0 Å². The molecule has 122 valence electrons. The van der Waals surface area contributed by atoms with Crippen LogP contribution in [0, 0.1) is 0 Å². The number of fused-ring (bicyclic) bond motifs is 1. The van der Waals surface area contributed by atoms with Crippen LogP contribution in [-0.2, 0) is 4.84 Å². The van der Waals surface area contributed by atoms with E-state index in [-0.39, 0.29) is 0 Å². The Morgan fingerprint density at radius 1 is 0.958 bits per heavy atom. The van der Waals surface area contributed by atoms with E-state index >= 15 is 0 Å². The molecule has 0 radical (unpaired) electrons. The molecule has 1 aliphatic heterocycles. The first-order valence-electron chi connectivity index (χ1n) is 8.17. The van der Waals surface area contributed by atoms with Crippen LogP contribution in [0.1, 0.15) is 12.8 Å². The molecule has 1 aromatic heterocycles. The third-order valence-corrected chi connectivity index (χ3v) is 4.27. The summed E-state index contributed by atoms with van der Waals surface area (Å²) >= 11 is 0. The molecule has 0 spiro atoms. The number of methoxy groups -OCH3 is 1. The number of aromatic nitrogens is 2. The largest absolute Gasteiger partial charge is 0.497 e. The predicted octanol–water partition coefficient (Wildman–Crippen LogP) is 3.84. The number of hydrogen-bond acceptors (Lipinski definition) is 5. The van der Waals surface area contributed by atoms with Crippen molar-refractivity contribution < 1.29 is 9.57 Å². The Hall–Kier alpha value is -2.66. The monoisotopic (exact) mass is 321 g/mol. The van der Waals surface area contributed by atoms with E-state index in [2.05, 4.69) is 22.3 Å². The van der Waals surface area contributed by atoms with Crippen LogP contribution in [0.3, 0.4) is 0 Å². The zero-order valence-corrected chi connectivity index (χ0v) is 13.6. The van der Waals surface area contributed by atoms with Crippen LogP contribution in [0.25, 0.3) is 22.0 Å². The van der Waals surface area contributed by atoms with E-state index in [4.69, 9.17) is 9.57 Å². The van der Waals surface area contributed by atoms with Crippen LogP contribution in [0.4, 0.5) is 5.82 Å². The summed E-state index contributed by atoms with van der Waals surface area (Å²) in [6.45, 7) is 1.58. The van der Waals surface area contributed by atoms with Gasteiger partial charge in [0.15, 0.2) is 5.82 Å². The fourth-order valence-electron chi connectivity index (χ4n) is 3.00. The lowest BCUT2D eigenvalue weighted by Gasteiger charge is -2.27. The fourth-order valence-corrected chi connectivity index (χ4v) is 3.00. The highest BCUT2D eigenvalue weighted by atomic mass is 16.7. The number of benzene rings is 2. The van der Waals surface area contributed by atoms with E-state index in [0.29, 0.717) is 0 Å². The lowest BCUT2D eigenvalue weighted by molar-refractivity contribution is 0.0764. The summed E-state index contributed by atoms with van der Waals surface area (Å²) in [7, 11) is 1.66. The topological polar surface area (TPSA) is 47.5 Å². The lowest BCUT2D eigenvalue weighted by atomic mass is 10.0. The number of hydrogen-bond donors (Lipinski definition) is 0. The Morgan fingerprint density at radius 3 is 2.46 bits per heavy atom. The zero-order chi connectivity index (χ0) is 16.4. The van der Waals surface area contributed by atoms with Gasteiger partial charge >= 0.3 is 0 Å². The van der Waals surface area contributed by atoms with Crippen molar-refractivity contribution in [2.75, 3.05) is 25.3 Å². The second-order valence-electron chi connectivity index (χ2n) is 5.79. The Bertz CT molecular complexity index is 843. The number of hydroxylamine groups is 1. The fraction of sp³-hybridized carbons (Fsp3) is 0.263. The van der Waals surface area contributed by atoms with Crippen LogP contribution < -0.4 is 9.80 Å². The summed E-state index contributed by atoms with van der Waals surface area (Å²) in [6.07, 6.45) is 2.20. The van der Waals surface area contributed by atoms with Crippen molar-refractivity contribution in [3.8, 4) is 17.0 Å². The quantitative estimate of drug-likeness (QED) is 0.733. The van der Waals surface area contributed by atoms with Crippen molar-refractivity contribution in [2.45, 2.75) is 12.8 Å². The van der Waals surface area contributed by atoms with Gasteiger partial charge in [-0.1, -0.05) is 24.3 Å². The molecule has 1 saturated heterocycles. The van der Waals surface area contributed by atoms with Gasteiger partial charge in [-0.25, -0.2) is 5.06 Å². The van der Waals surface area contributed by atoms with Gasteiger partial charge in [0.05, 0.1) is 13.7 Å². The van der Waals surface area contributed by atoms with Gasteiger partial charge in [0, 0.05) is 22.9 Å². The van der Waals surface area contributed by atoms with Crippen LogP contribution in [0.15, 0.2) is 48.5 Å². The average Bonchev–Trinajstić information content (AvgIpc) is 2.68.